The monoisotopic (exact) mass is 292 g/mol. The third-order valence-corrected chi connectivity index (χ3v) is 3.87. The maximum atomic E-state index is 5.47. The average molecular weight is 292 g/mol. The second kappa shape index (κ2) is 5.18. The van der Waals surface area contributed by atoms with E-state index in [4.69, 9.17) is 9.84 Å². The summed E-state index contributed by atoms with van der Waals surface area (Å²) in [5.41, 5.74) is 3.98. The van der Waals surface area contributed by atoms with Crippen LogP contribution < -0.4 is 10.1 Å². The molecule has 5 heteroatoms. The van der Waals surface area contributed by atoms with E-state index in [0.29, 0.717) is 0 Å². The van der Waals surface area contributed by atoms with Gasteiger partial charge in [-0.1, -0.05) is 18.2 Å². The first-order valence-corrected chi connectivity index (χ1v) is 7.29. The molecule has 1 aliphatic rings. The first kappa shape index (κ1) is 12.9. The highest BCUT2D eigenvalue weighted by atomic mass is 16.5. The van der Waals surface area contributed by atoms with Gasteiger partial charge in [-0.2, -0.15) is 5.10 Å². The van der Waals surface area contributed by atoms with Crippen molar-refractivity contribution in [3.63, 3.8) is 0 Å². The van der Waals surface area contributed by atoms with Gasteiger partial charge in [-0.05, 0) is 30.7 Å². The minimum absolute atomic E-state index is 0.800. The van der Waals surface area contributed by atoms with E-state index in [1.165, 1.54) is 5.56 Å². The maximum Gasteiger partial charge on any atom is 0.144 e. The molecule has 0 aliphatic carbocycles. The van der Waals surface area contributed by atoms with Crippen LogP contribution in [0.25, 0.3) is 17.1 Å². The molecule has 1 N–H and O–H groups in total. The molecule has 3 heterocycles. The van der Waals surface area contributed by atoms with Gasteiger partial charge in [0, 0.05) is 18.3 Å². The zero-order chi connectivity index (χ0) is 14.9. The van der Waals surface area contributed by atoms with Gasteiger partial charge in [-0.3, -0.25) is 4.98 Å². The van der Waals surface area contributed by atoms with E-state index < -0.39 is 0 Å². The Labute approximate surface area is 128 Å². The van der Waals surface area contributed by atoms with Crippen molar-refractivity contribution >= 4 is 5.82 Å². The van der Waals surface area contributed by atoms with E-state index in [1.807, 2.05) is 47.1 Å². The van der Waals surface area contributed by atoms with Gasteiger partial charge in [0.05, 0.1) is 12.8 Å². The number of nitrogens with zero attached hydrogens (tertiary/aromatic N) is 3. The average Bonchev–Trinajstić information content (AvgIpc) is 3.18. The van der Waals surface area contributed by atoms with Gasteiger partial charge in [-0.25, -0.2) is 4.68 Å². The van der Waals surface area contributed by atoms with Crippen LogP contribution in [0.15, 0.2) is 48.7 Å². The largest absolute Gasteiger partial charge is 0.494 e. The fourth-order valence-electron chi connectivity index (χ4n) is 2.86. The van der Waals surface area contributed by atoms with Gasteiger partial charge < -0.3 is 10.1 Å². The van der Waals surface area contributed by atoms with Crippen molar-refractivity contribution in [1.29, 1.82) is 0 Å². The Morgan fingerprint density at radius 1 is 1.14 bits per heavy atom. The molecule has 0 atom stereocenters. The van der Waals surface area contributed by atoms with Gasteiger partial charge in [0.15, 0.2) is 0 Å². The molecule has 110 valence electrons. The van der Waals surface area contributed by atoms with Crippen molar-refractivity contribution in [3.05, 3.63) is 54.2 Å². The number of benzene rings is 1. The number of hydrogen-bond donors (Lipinski definition) is 1. The molecule has 0 spiro atoms. The highest BCUT2D eigenvalue weighted by Gasteiger charge is 2.25. The fourth-order valence-corrected chi connectivity index (χ4v) is 2.86. The van der Waals surface area contributed by atoms with Crippen LogP contribution in [-0.2, 0) is 6.42 Å². The number of anilines is 1. The first-order chi connectivity index (χ1) is 10.9. The number of ether oxygens (including phenoxy) is 1. The summed E-state index contributed by atoms with van der Waals surface area (Å²) < 4.78 is 7.39. The van der Waals surface area contributed by atoms with E-state index in [2.05, 4.69) is 10.3 Å². The van der Waals surface area contributed by atoms with Crippen molar-refractivity contribution in [1.82, 2.24) is 14.8 Å². The predicted molar refractivity (Wildman–Crippen MR) is 85.5 cm³/mol. The van der Waals surface area contributed by atoms with Gasteiger partial charge >= 0.3 is 0 Å². The Kier molecular flexibility index (Phi) is 3.04. The highest BCUT2D eigenvalue weighted by Crippen LogP contribution is 2.35. The Hall–Kier alpha value is -2.82. The SMILES string of the molecule is COc1ccccc1-n1nc(-c2ccccn2)c2c1NCC2. The molecule has 1 aromatic carbocycles. The molecule has 3 aromatic rings. The molecule has 0 saturated heterocycles. The molecule has 2 aromatic heterocycles. The van der Waals surface area contributed by atoms with Crippen LogP contribution in [0.5, 0.6) is 5.75 Å². The van der Waals surface area contributed by atoms with Crippen LogP contribution in [0, 0.1) is 0 Å². The molecule has 4 rings (SSSR count). The number of methoxy groups -OCH3 is 1. The number of fused-ring (bicyclic) bond motifs is 1. The summed E-state index contributed by atoms with van der Waals surface area (Å²) >= 11 is 0. The minimum atomic E-state index is 0.800. The molecule has 0 radical (unpaired) electrons. The number of hydrogen-bond acceptors (Lipinski definition) is 4. The zero-order valence-electron chi connectivity index (χ0n) is 12.3. The molecule has 0 fully saturated rings. The predicted octanol–water partition coefficient (Wildman–Crippen LogP) is 2.91. The van der Waals surface area contributed by atoms with E-state index in [9.17, 15) is 0 Å². The van der Waals surface area contributed by atoms with Crippen LogP contribution in [0.2, 0.25) is 0 Å². The molecule has 1 aliphatic heterocycles. The third-order valence-electron chi connectivity index (χ3n) is 3.87. The molecule has 22 heavy (non-hydrogen) atoms. The highest BCUT2D eigenvalue weighted by molar-refractivity contribution is 5.71. The Morgan fingerprint density at radius 3 is 2.82 bits per heavy atom. The fraction of sp³-hybridized carbons (Fsp3) is 0.176. The maximum absolute atomic E-state index is 5.47. The summed E-state index contributed by atoms with van der Waals surface area (Å²) in [6.07, 6.45) is 2.75. The number of nitrogens with one attached hydrogen (secondary N) is 1. The summed E-state index contributed by atoms with van der Waals surface area (Å²) in [6.45, 7) is 0.919. The summed E-state index contributed by atoms with van der Waals surface area (Å²) in [5, 5.41) is 8.22. The van der Waals surface area contributed by atoms with Gasteiger partial charge in [0.2, 0.25) is 0 Å². The second-order valence-corrected chi connectivity index (χ2v) is 5.15. The first-order valence-electron chi connectivity index (χ1n) is 7.29. The quantitative estimate of drug-likeness (QED) is 0.806. The standard InChI is InChI=1S/C17H16N4O/c1-22-15-8-3-2-7-14(15)21-17-12(9-11-19-17)16(20-21)13-6-4-5-10-18-13/h2-8,10,19H,9,11H2,1H3. The van der Waals surface area contributed by atoms with Crippen LogP contribution in [0.4, 0.5) is 5.82 Å². The lowest BCUT2D eigenvalue weighted by Gasteiger charge is -2.10. The molecular formula is C17H16N4O. The lowest BCUT2D eigenvalue weighted by atomic mass is 10.1. The zero-order valence-corrected chi connectivity index (χ0v) is 12.3. The van der Waals surface area contributed by atoms with E-state index in [-0.39, 0.29) is 0 Å². The molecule has 0 amide bonds. The second-order valence-electron chi connectivity index (χ2n) is 5.15. The lowest BCUT2D eigenvalue weighted by molar-refractivity contribution is 0.412. The van der Waals surface area contributed by atoms with Crippen molar-refractivity contribution in [2.45, 2.75) is 6.42 Å². The summed E-state index contributed by atoms with van der Waals surface area (Å²) in [4.78, 5) is 4.44. The topological polar surface area (TPSA) is 52.0 Å². The molecular weight excluding hydrogens is 276 g/mol. The lowest BCUT2D eigenvalue weighted by Crippen LogP contribution is -2.05. The Balaban J connectivity index is 1.92. The van der Waals surface area contributed by atoms with E-state index in [0.717, 1.165) is 41.6 Å². The third kappa shape index (κ3) is 1.94. The van der Waals surface area contributed by atoms with Crippen molar-refractivity contribution in [3.8, 4) is 22.8 Å². The molecule has 5 nitrogen and oxygen atoms in total. The van der Waals surface area contributed by atoms with Crippen molar-refractivity contribution < 1.29 is 4.74 Å². The van der Waals surface area contributed by atoms with Crippen molar-refractivity contribution in [2.75, 3.05) is 19.0 Å². The number of pyridine rings is 1. The minimum Gasteiger partial charge on any atom is -0.494 e. The van der Waals surface area contributed by atoms with Gasteiger partial charge in [0.1, 0.15) is 22.9 Å². The van der Waals surface area contributed by atoms with Crippen molar-refractivity contribution in [2.24, 2.45) is 0 Å². The normalized spacial score (nSPS) is 12.8. The van der Waals surface area contributed by atoms with E-state index in [1.54, 1.807) is 13.3 Å². The van der Waals surface area contributed by atoms with Crippen LogP contribution in [-0.4, -0.2) is 28.4 Å². The Bertz CT molecular complexity index is 811. The molecule has 0 unspecified atom stereocenters. The summed E-state index contributed by atoms with van der Waals surface area (Å²) in [6, 6.07) is 13.8. The molecule has 0 saturated carbocycles. The van der Waals surface area contributed by atoms with Gasteiger partial charge in [-0.15, -0.1) is 0 Å². The number of aromatic nitrogens is 3. The smallest absolute Gasteiger partial charge is 0.144 e. The van der Waals surface area contributed by atoms with Crippen LogP contribution in [0.1, 0.15) is 5.56 Å². The number of rotatable bonds is 3. The summed E-state index contributed by atoms with van der Waals surface area (Å²) in [5.74, 6) is 1.83. The summed E-state index contributed by atoms with van der Waals surface area (Å²) in [7, 11) is 1.68. The Morgan fingerprint density at radius 2 is 2.00 bits per heavy atom. The van der Waals surface area contributed by atoms with Crippen LogP contribution in [0.3, 0.4) is 0 Å². The number of para-hydroxylation sites is 2. The van der Waals surface area contributed by atoms with E-state index >= 15 is 0 Å². The van der Waals surface area contributed by atoms with Crippen LogP contribution >= 0.6 is 0 Å². The molecule has 0 bridgehead atoms. The van der Waals surface area contributed by atoms with Gasteiger partial charge in [0.25, 0.3) is 0 Å².